The average molecular weight is 448 g/mol. The maximum Gasteiger partial charge on any atom is 0.247 e. The molecule has 4 rings (SSSR count). The summed E-state index contributed by atoms with van der Waals surface area (Å²) < 4.78 is 27.4. The van der Waals surface area contributed by atoms with Crippen LogP contribution in [0.3, 0.4) is 0 Å². The summed E-state index contributed by atoms with van der Waals surface area (Å²) in [5.41, 5.74) is 0.967. The zero-order chi connectivity index (χ0) is 21.5. The molecule has 2 aromatic rings. The summed E-state index contributed by atoms with van der Waals surface area (Å²) in [5.74, 6) is -0.407. The number of carbonyl (C=O) groups excluding carboxylic acids is 2. The summed E-state index contributed by atoms with van der Waals surface area (Å²) in [7, 11) is -2.27. The van der Waals surface area contributed by atoms with Gasteiger partial charge in [-0.3, -0.25) is 9.59 Å². The Morgan fingerprint density at radius 3 is 2.33 bits per heavy atom. The molecule has 0 spiro atoms. The van der Waals surface area contributed by atoms with Crippen LogP contribution in [-0.4, -0.2) is 73.1 Å². The summed E-state index contributed by atoms with van der Waals surface area (Å²) in [6.07, 6.45) is 0.423. The highest BCUT2D eigenvalue weighted by atomic mass is 35.5. The third kappa shape index (κ3) is 3.59. The third-order valence-corrected chi connectivity index (χ3v) is 8.10. The Labute approximate surface area is 180 Å². The zero-order valence-electron chi connectivity index (χ0n) is 16.4. The van der Waals surface area contributed by atoms with Gasteiger partial charge in [0.15, 0.2) is 0 Å². The van der Waals surface area contributed by atoms with Gasteiger partial charge >= 0.3 is 0 Å². The predicted molar refractivity (Wildman–Crippen MR) is 112 cm³/mol. The first-order valence-electron chi connectivity index (χ1n) is 9.66. The van der Waals surface area contributed by atoms with E-state index in [1.54, 1.807) is 19.2 Å². The monoisotopic (exact) mass is 447 g/mol. The van der Waals surface area contributed by atoms with E-state index in [4.69, 9.17) is 11.6 Å². The second kappa shape index (κ2) is 8.02. The highest BCUT2D eigenvalue weighted by Crippen LogP contribution is 2.29. The number of nitrogens with zero attached hydrogens (tertiary/aromatic N) is 3. The summed E-state index contributed by atoms with van der Waals surface area (Å²) >= 11 is 6.09. The van der Waals surface area contributed by atoms with Crippen molar-refractivity contribution < 1.29 is 18.0 Å². The molecule has 2 amide bonds. The van der Waals surface area contributed by atoms with Gasteiger partial charge in [-0.1, -0.05) is 54.1 Å². The molecule has 0 radical (unpaired) electrons. The van der Waals surface area contributed by atoms with Crippen LogP contribution in [0.25, 0.3) is 0 Å². The fourth-order valence-corrected chi connectivity index (χ4v) is 5.98. The minimum absolute atomic E-state index is 0.00464. The molecule has 30 heavy (non-hydrogen) atoms. The fraction of sp³-hybridized carbons (Fsp3) is 0.333. The quantitative estimate of drug-likeness (QED) is 0.713. The molecular formula is C21H22ClN3O4S. The van der Waals surface area contributed by atoms with Crippen LogP contribution in [0.2, 0.25) is 5.02 Å². The van der Waals surface area contributed by atoms with E-state index in [-0.39, 0.29) is 41.4 Å². The minimum atomic E-state index is -3.87. The number of piperazine rings is 2. The van der Waals surface area contributed by atoms with Crippen LogP contribution in [0, 0.1) is 0 Å². The van der Waals surface area contributed by atoms with Gasteiger partial charge in [-0.15, -0.1) is 0 Å². The van der Waals surface area contributed by atoms with Crippen molar-refractivity contribution in [2.45, 2.75) is 23.4 Å². The Kier molecular flexibility index (Phi) is 5.57. The van der Waals surface area contributed by atoms with Crippen molar-refractivity contribution in [1.29, 1.82) is 0 Å². The summed E-state index contributed by atoms with van der Waals surface area (Å²) in [5, 5.41) is 0.131. The number of hydrogen-bond donors (Lipinski definition) is 0. The first-order valence-corrected chi connectivity index (χ1v) is 11.5. The van der Waals surface area contributed by atoms with Crippen molar-refractivity contribution >= 4 is 33.4 Å². The number of rotatable bonds is 4. The van der Waals surface area contributed by atoms with Crippen molar-refractivity contribution in [2.24, 2.45) is 0 Å². The van der Waals surface area contributed by atoms with Crippen LogP contribution in [0.4, 0.5) is 0 Å². The lowest BCUT2D eigenvalue weighted by atomic mass is 9.97. The highest BCUT2D eigenvalue weighted by Gasteiger charge is 2.48. The largest absolute Gasteiger partial charge is 0.332 e. The zero-order valence-corrected chi connectivity index (χ0v) is 18.0. The van der Waals surface area contributed by atoms with E-state index in [9.17, 15) is 18.0 Å². The van der Waals surface area contributed by atoms with Crippen molar-refractivity contribution in [1.82, 2.24) is 14.1 Å². The van der Waals surface area contributed by atoms with Crippen LogP contribution in [-0.2, 0) is 26.0 Å². The standard InChI is InChI=1S/C21H22ClN3O4S/c1-23-17(13-15-7-3-2-4-8-15)21(27)25-12-11-24(14-18(25)20(23)26)30(28,29)19-10-6-5-9-16(19)22/h2-10,17-18H,11-14H2,1H3/t17-,18+/m1/s1. The molecule has 0 saturated carbocycles. The molecule has 2 heterocycles. The normalized spacial score (nSPS) is 22.9. The number of amides is 2. The molecule has 0 bridgehead atoms. The predicted octanol–water partition coefficient (Wildman–Crippen LogP) is 1.62. The first-order chi connectivity index (χ1) is 14.3. The SMILES string of the molecule is CN1C(=O)[C@@H]2CN(S(=O)(=O)c3ccccc3Cl)CCN2C(=O)[C@H]1Cc1ccccc1. The van der Waals surface area contributed by atoms with Crippen molar-refractivity contribution in [2.75, 3.05) is 26.7 Å². The Bertz CT molecular complexity index is 1080. The van der Waals surface area contributed by atoms with Gasteiger partial charge in [-0.25, -0.2) is 8.42 Å². The second-order valence-electron chi connectivity index (χ2n) is 7.50. The Hall–Kier alpha value is -2.42. The molecule has 2 atom stereocenters. The van der Waals surface area contributed by atoms with Crippen LogP contribution < -0.4 is 0 Å². The molecule has 0 unspecified atom stereocenters. The fourth-order valence-electron chi connectivity index (χ4n) is 4.05. The minimum Gasteiger partial charge on any atom is -0.332 e. The molecule has 9 heteroatoms. The highest BCUT2D eigenvalue weighted by molar-refractivity contribution is 7.89. The number of carbonyl (C=O) groups is 2. The first kappa shape index (κ1) is 20.8. The van der Waals surface area contributed by atoms with Crippen LogP contribution in [0.15, 0.2) is 59.5 Å². The Balaban J connectivity index is 1.56. The van der Waals surface area contributed by atoms with Gasteiger partial charge in [0.2, 0.25) is 21.8 Å². The number of fused-ring (bicyclic) bond motifs is 1. The second-order valence-corrected chi connectivity index (χ2v) is 9.81. The van der Waals surface area contributed by atoms with Crippen molar-refractivity contribution in [3.63, 3.8) is 0 Å². The van der Waals surface area contributed by atoms with E-state index in [1.165, 1.54) is 26.2 Å². The van der Waals surface area contributed by atoms with Crippen LogP contribution >= 0.6 is 11.6 Å². The average Bonchev–Trinajstić information content (AvgIpc) is 2.75. The molecule has 2 aliphatic rings. The van der Waals surface area contributed by atoms with Gasteiger partial charge in [0.1, 0.15) is 17.0 Å². The van der Waals surface area contributed by atoms with Gasteiger partial charge in [0.25, 0.3) is 0 Å². The summed E-state index contributed by atoms with van der Waals surface area (Å²) in [4.78, 5) is 29.2. The molecule has 7 nitrogen and oxygen atoms in total. The lowest BCUT2D eigenvalue weighted by Crippen LogP contribution is -2.70. The van der Waals surface area contributed by atoms with E-state index in [0.29, 0.717) is 6.42 Å². The van der Waals surface area contributed by atoms with E-state index in [0.717, 1.165) is 5.56 Å². The summed E-state index contributed by atoms with van der Waals surface area (Å²) in [6, 6.07) is 14.3. The third-order valence-electron chi connectivity index (χ3n) is 5.74. The molecule has 158 valence electrons. The Morgan fingerprint density at radius 2 is 1.63 bits per heavy atom. The molecule has 2 fully saturated rings. The molecule has 0 aromatic heterocycles. The van der Waals surface area contributed by atoms with Crippen LogP contribution in [0.5, 0.6) is 0 Å². The number of likely N-dealkylation sites (N-methyl/N-ethyl adjacent to an activating group) is 1. The smallest absolute Gasteiger partial charge is 0.247 e. The van der Waals surface area contributed by atoms with E-state index >= 15 is 0 Å². The topological polar surface area (TPSA) is 78.0 Å². The number of benzene rings is 2. The number of halogens is 1. The lowest BCUT2D eigenvalue weighted by Gasteiger charge is -2.48. The number of sulfonamides is 1. The molecule has 2 aliphatic heterocycles. The van der Waals surface area contributed by atoms with E-state index in [2.05, 4.69) is 0 Å². The molecule has 0 N–H and O–H groups in total. The maximum atomic E-state index is 13.1. The van der Waals surface area contributed by atoms with Gasteiger partial charge in [0, 0.05) is 33.1 Å². The van der Waals surface area contributed by atoms with Gasteiger partial charge in [-0.2, -0.15) is 4.31 Å². The lowest BCUT2D eigenvalue weighted by molar-refractivity contribution is -0.162. The molecule has 2 saturated heterocycles. The maximum absolute atomic E-state index is 13.1. The van der Waals surface area contributed by atoms with Crippen molar-refractivity contribution in [3.8, 4) is 0 Å². The molecule has 0 aliphatic carbocycles. The van der Waals surface area contributed by atoms with E-state index < -0.39 is 22.1 Å². The Morgan fingerprint density at radius 1 is 0.967 bits per heavy atom. The van der Waals surface area contributed by atoms with Crippen LogP contribution in [0.1, 0.15) is 5.56 Å². The van der Waals surface area contributed by atoms with Gasteiger partial charge < -0.3 is 9.80 Å². The van der Waals surface area contributed by atoms with E-state index in [1.807, 2.05) is 30.3 Å². The van der Waals surface area contributed by atoms with Gasteiger partial charge in [-0.05, 0) is 17.7 Å². The molecular weight excluding hydrogens is 426 g/mol. The molecule has 2 aromatic carbocycles. The summed E-state index contributed by atoms with van der Waals surface area (Å²) in [6.45, 7) is 0.198. The number of hydrogen-bond acceptors (Lipinski definition) is 4. The van der Waals surface area contributed by atoms with Gasteiger partial charge in [0.05, 0.1) is 5.02 Å². The van der Waals surface area contributed by atoms with Crippen molar-refractivity contribution in [3.05, 3.63) is 65.2 Å².